The summed E-state index contributed by atoms with van der Waals surface area (Å²) < 4.78 is 2.02. The summed E-state index contributed by atoms with van der Waals surface area (Å²) in [7, 11) is 3.93. The molecule has 4 nitrogen and oxygen atoms in total. The van der Waals surface area contributed by atoms with Crippen molar-refractivity contribution in [3.63, 3.8) is 0 Å². The number of hydrogen-bond acceptors (Lipinski definition) is 3. The number of imidazole rings is 1. The van der Waals surface area contributed by atoms with E-state index < -0.39 is 0 Å². The molecule has 2 aromatic rings. The fourth-order valence-corrected chi connectivity index (χ4v) is 1.84. The van der Waals surface area contributed by atoms with E-state index in [1.807, 2.05) is 50.4 Å². The summed E-state index contributed by atoms with van der Waals surface area (Å²) in [6.45, 7) is 2.04. The van der Waals surface area contributed by atoms with Crippen molar-refractivity contribution < 1.29 is 0 Å². The highest BCUT2D eigenvalue weighted by atomic mass is 15.1. The smallest absolute Gasteiger partial charge is 0.130 e. The van der Waals surface area contributed by atoms with Crippen LogP contribution in [0.4, 0.5) is 0 Å². The number of aromatic nitrogens is 3. The van der Waals surface area contributed by atoms with Crippen LogP contribution < -0.4 is 5.32 Å². The molecule has 1 atom stereocenters. The van der Waals surface area contributed by atoms with Crippen LogP contribution in [0, 0.1) is 6.92 Å². The van der Waals surface area contributed by atoms with Crippen molar-refractivity contribution in [2.45, 2.75) is 13.0 Å². The molecule has 16 heavy (non-hydrogen) atoms. The van der Waals surface area contributed by atoms with E-state index in [1.54, 1.807) is 0 Å². The Kier molecular flexibility index (Phi) is 3.01. The van der Waals surface area contributed by atoms with Crippen LogP contribution in [-0.4, -0.2) is 21.6 Å². The van der Waals surface area contributed by atoms with Gasteiger partial charge in [-0.3, -0.25) is 4.98 Å². The molecule has 0 bridgehead atoms. The van der Waals surface area contributed by atoms with E-state index in [9.17, 15) is 0 Å². The van der Waals surface area contributed by atoms with Crippen molar-refractivity contribution in [2.24, 2.45) is 7.05 Å². The predicted octanol–water partition coefficient (Wildman–Crippen LogP) is 1.43. The number of rotatable bonds is 3. The zero-order valence-electron chi connectivity index (χ0n) is 9.81. The average Bonchev–Trinajstić information content (AvgIpc) is 2.67. The van der Waals surface area contributed by atoms with Crippen LogP contribution in [0.1, 0.15) is 23.0 Å². The Balaban J connectivity index is 2.40. The summed E-state index contributed by atoms with van der Waals surface area (Å²) in [6.07, 6.45) is 7.49. The van der Waals surface area contributed by atoms with Crippen LogP contribution >= 0.6 is 0 Å². The first-order chi connectivity index (χ1) is 7.72. The lowest BCUT2D eigenvalue weighted by Gasteiger charge is -2.16. The molecule has 0 saturated carbocycles. The summed E-state index contributed by atoms with van der Waals surface area (Å²) >= 11 is 0. The van der Waals surface area contributed by atoms with Gasteiger partial charge in [0.1, 0.15) is 5.82 Å². The summed E-state index contributed by atoms with van der Waals surface area (Å²) in [4.78, 5) is 8.58. The van der Waals surface area contributed by atoms with Crippen LogP contribution in [0.15, 0.2) is 30.9 Å². The Labute approximate surface area is 95.4 Å². The van der Waals surface area contributed by atoms with Gasteiger partial charge in [0.15, 0.2) is 0 Å². The Bertz CT molecular complexity index is 475. The zero-order chi connectivity index (χ0) is 11.5. The molecule has 0 aromatic carbocycles. The fraction of sp³-hybridized carbons (Fsp3) is 0.333. The number of hydrogen-bond donors (Lipinski definition) is 1. The van der Waals surface area contributed by atoms with Crippen molar-refractivity contribution in [1.82, 2.24) is 19.9 Å². The Morgan fingerprint density at radius 1 is 1.38 bits per heavy atom. The SMILES string of the molecule is CNC(c1cncc(C)c1)c1nccn1C. The molecular weight excluding hydrogens is 200 g/mol. The quantitative estimate of drug-likeness (QED) is 0.844. The first-order valence-electron chi connectivity index (χ1n) is 5.28. The van der Waals surface area contributed by atoms with E-state index in [0.29, 0.717) is 0 Å². The molecule has 0 spiro atoms. The van der Waals surface area contributed by atoms with Crippen LogP contribution in [0.5, 0.6) is 0 Å². The summed E-state index contributed by atoms with van der Waals surface area (Å²) in [6, 6.07) is 2.22. The van der Waals surface area contributed by atoms with E-state index >= 15 is 0 Å². The maximum absolute atomic E-state index is 4.37. The summed E-state index contributed by atoms with van der Waals surface area (Å²) in [5.74, 6) is 0.995. The van der Waals surface area contributed by atoms with E-state index in [4.69, 9.17) is 0 Å². The second-order valence-corrected chi connectivity index (χ2v) is 3.91. The van der Waals surface area contributed by atoms with Gasteiger partial charge in [0.25, 0.3) is 0 Å². The van der Waals surface area contributed by atoms with Crippen LogP contribution in [0.2, 0.25) is 0 Å². The number of pyridine rings is 1. The van der Waals surface area contributed by atoms with Crippen LogP contribution in [0.25, 0.3) is 0 Å². The second-order valence-electron chi connectivity index (χ2n) is 3.91. The van der Waals surface area contributed by atoms with E-state index in [0.717, 1.165) is 17.0 Å². The lowest BCUT2D eigenvalue weighted by Crippen LogP contribution is -2.21. The minimum absolute atomic E-state index is 0.0902. The van der Waals surface area contributed by atoms with Crippen LogP contribution in [-0.2, 0) is 7.05 Å². The fourth-order valence-electron chi connectivity index (χ4n) is 1.84. The standard InChI is InChI=1S/C12H16N4/c1-9-6-10(8-14-7-9)11(13-2)12-15-4-5-16(12)3/h4-8,11,13H,1-3H3. The maximum Gasteiger partial charge on any atom is 0.130 e. The second kappa shape index (κ2) is 4.45. The molecule has 0 aliphatic rings. The van der Waals surface area contributed by atoms with Crippen molar-refractivity contribution in [3.8, 4) is 0 Å². The molecule has 1 unspecified atom stereocenters. The molecular formula is C12H16N4. The minimum Gasteiger partial charge on any atom is -0.336 e. The summed E-state index contributed by atoms with van der Waals surface area (Å²) in [5.41, 5.74) is 2.30. The molecule has 0 amide bonds. The molecule has 2 aromatic heterocycles. The first-order valence-corrected chi connectivity index (χ1v) is 5.28. The highest BCUT2D eigenvalue weighted by molar-refractivity contribution is 5.25. The predicted molar refractivity (Wildman–Crippen MR) is 63.1 cm³/mol. The highest BCUT2D eigenvalue weighted by Gasteiger charge is 2.16. The third-order valence-electron chi connectivity index (χ3n) is 2.63. The Morgan fingerprint density at radius 2 is 2.19 bits per heavy atom. The van der Waals surface area contributed by atoms with Gasteiger partial charge in [-0.15, -0.1) is 0 Å². The number of aryl methyl sites for hydroxylation is 2. The van der Waals surface area contributed by atoms with Gasteiger partial charge in [-0.25, -0.2) is 4.98 Å². The van der Waals surface area contributed by atoms with Crippen molar-refractivity contribution in [3.05, 3.63) is 47.8 Å². The van der Waals surface area contributed by atoms with Gasteiger partial charge in [0.2, 0.25) is 0 Å². The molecule has 2 heterocycles. The molecule has 0 fully saturated rings. The monoisotopic (exact) mass is 216 g/mol. The van der Waals surface area contributed by atoms with Gasteiger partial charge in [0, 0.05) is 31.8 Å². The molecule has 84 valence electrons. The third kappa shape index (κ3) is 1.97. The summed E-state index contributed by atoms with van der Waals surface area (Å²) in [5, 5.41) is 3.27. The van der Waals surface area contributed by atoms with Crippen molar-refractivity contribution >= 4 is 0 Å². The van der Waals surface area contributed by atoms with E-state index in [1.165, 1.54) is 0 Å². The first kappa shape index (κ1) is 10.8. The van der Waals surface area contributed by atoms with E-state index in [-0.39, 0.29) is 6.04 Å². The van der Waals surface area contributed by atoms with Crippen molar-refractivity contribution in [2.75, 3.05) is 7.05 Å². The minimum atomic E-state index is 0.0902. The normalized spacial score (nSPS) is 12.7. The molecule has 0 radical (unpaired) electrons. The Hall–Kier alpha value is -1.68. The topological polar surface area (TPSA) is 42.7 Å². The number of nitrogens with one attached hydrogen (secondary N) is 1. The zero-order valence-corrected chi connectivity index (χ0v) is 9.81. The molecule has 4 heteroatoms. The van der Waals surface area contributed by atoms with Gasteiger partial charge in [-0.05, 0) is 25.1 Å². The number of nitrogens with zero attached hydrogens (tertiary/aromatic N) is 3. The molecule has 0 aliphatic carbocycles. The third-order valence-corrected chi connectivity index (χ3v) is 2.63. The van der Waals surface area contributed by atoms with Gasteiger partial charge in [0.05, 0.1) is 6.04 Å². The van der Waals surface area contributed by atoms with Gasteiger partial charge < -0.3 is 9.88 Å². The lowest BCUT2D eigenvalue weighted by molar-refractivity contribution is 0.615. The highest BCUT2D eigenvalue weighted by Crippen LogP contribution is 2.19. The molecule has 2 rings (SSSR count). The van der Waals surface area contributed by atoms with Gasteiger partial charge in [-0.1, -0.05) is 6.07 Å². The largest absolute Gasteiger partial charge is 0.336 e. The van der Waals surface area contributed by atoms with Crippen molar-refractivity contribution in [1.29, 1.82) is 0 Å². The molecule has 0 aliphatic heterocycles. The van der Waals surface area contributed by atoms with Crippen LogP contribution in [0.3, 0.4) is 0 Å². The molecule has 0 saturated heterocycles. The average molecular weight is 216 g/mol. The molecule has 1 N–H and O–H groups in total. The maximum atomic E-state index is 4.37. The Morgan fingerprint density at radius 3 is 2.75 bits per heavy atom. The van der Waals surface area contributed by atoms with Gasteiger partial charge in [-0.2, -0.15) is 0 Å². The lowest BCUT2D eigenvalue weighted by atomic mass is 10.1. The van der Waals surface area contributed by atoms with Gasteiger partial charge >= 0.3 is 0 Å². The van der Waals surface area contributed by atoms with E-state index in [2.05, 4.69) is 21.4 Å².